The first kappa shape index (κ1) is 22.2. The number of tetrazole rings is 1. The van der Waals surface area contributed by atoms with Gasteiger partial charge in [-0.2, -0.15) is 4.80 Å². The van der Waals surface area contributed by atoms with Crippen molar-refractivity contribution in [1.82, 2.24) is 25.1 Å². The average molecular weight is 452 g/mol. The minimum atomic E-state index is -0.770. The summed E-state index contributed by atoms with van der Waals surface area (Å²) in [5.74, 6) is 0.527. The van der Waals surface area contributed by atoms with E-state index >= 15 is 0 Å². The second-order valence-electron chi connectivity index (χ2n) is 8.26. The number of carbonyl (C=O) groups excluding carboxylic acids is 1. The lowest BCUT2D eigenvalue weighted by molar-refractivity contribution is -0.130. The van der Waals surface area contributed by atoms with Gasteiger partial charge in [0, 0.05) is 30.6 Å². The van der Waals surface area contributed by atoms with E-state index in [0.29, 0.717) is 49.7 Å². The molecular weight excluding hydrogens is 426 g/mol. The zero-order valence-corrected chi connectivity index (χ0v) is 18.7. The Morgan fingerprint density at radius 3 is 2.62 bits per heavy atom. The summed E-state index contributed by atoms with van der Waals surface area (Å²) in [5.41, 5.74) is 2.11. The summed E-state index contributed by atoms with van der Waals surface area (Å²) >= 11 is 6.17. The highest BCUT2D eigenvalue weighted by molar-refractivity contribution is 6.30. The lowest BCUT2D eigenvalue weighted by atomic mass is 9.85. The number of likely N-dealkylation sites (tertiary alicyclic amines) is 1. The minimum absolute atomic E-state index is 0.0672. The molecule has 4 rings (SSSR count). The largest absolute Gasteiger partial charge is 0.389 e. The summed E-state index contributed by atoms with van der Waals surface area (Å²) in [6.45, 7) is 3.25. The van der Waals surface area contributed by atoms with Crippen LogP contribution in [-0.2, 0) is 17.8 Å². The zero-order chi connectivity index (χ0) is 22.6. The molecule has 1 N–H and O–H groups in total. The third kappa shape index (κ3) is 5.60. The second kappa shape index (κ2) is 9.63. The number of aromatic nitrogens is 4. The molecule has 2 aromatic carbocycles. The number of hydrogen-bond donors (Lipinski definition) is 1. The highest BCUT2D eigenvalue weighted by atomic mass is 35.5. The molecule has 0 bridgehead atoms. The van der Waals surface area contributed by atoms with Crippen LogP contribution in [0, 0.1) is 6.92 Å². The number of hydrogen-bond acceptors (Lipinski definition) is 5. The Kier molecular flexibility index (Phi) is 6.67. The fraction of sp³-hybridized carbons (Fsp3) is 0.333. The van der Waals surface area contributed by atoms with Crippen molar-refractivity contribution in [2.45, 2.75) is 38.3 Å². The van der Waals surface area contributed by atoms with Crippen molar-refractivity contribution in [2.24, 2.45) is 0 Å². The van der Waals surface area contributed by atoms with Crippen molar-refractivity contribution in [3.63, 3.8) is 0 Å². The number of aryl methyl sites for hydroxylation is 1. The van der Waals surface area contributed by atoms with Crippen molar-refractivity contribution < 1.29 is 9.90 Å². The predicted molar refractivity (Wildman–Crippen MR) is 123 cm³/mol. The maximum Gasteiger partial charge on any atom is 0.246 e. The Hall–Kier alpha value is -3.03. The van der Waals surface area contributed by atoms with E-state index in [0.717, 1.165) is 16.7 Å². The highest BCUT2D eigenvalue weighted by Gasteiger charge is 2.33. The van der Waals surface area contributed by atoms with Crippen LogP contribution in [0.3, 0.4) is 0 Å². The molecule has 32 heavy (non-hydrogen) atoms. The van der Waals surface area contributed by atoms with Crippen molar-refractivity contribution >= 4 is 23.6 Å². The maximum atomic E-state index is 12.8. The quantitative estimate of drug-likeness (QED) is 0.581. The number of halogens is 1. The Bertz CT molecular complexity index is 1100. The molecule has 0 spiro atoms. The molecule has 0 unspecified atom stereocenters. The van der Waals surface area contributed by atoms with E-state index in [1.54, 1.807) is 30.0 Å². The van der Waals surface area contributed by atoms with Gasteiger partial charge in [0.25, 0.3) is 0 Å². The van der Waals surface area contributed by atoms with Gasteiger partial charge < -0.3 is 10.0 Å². The van der Waals surface area contributed by atoms with Gasteiger partial charge >= 0.3 is 0 Å². The van der Waals surface area contributed by atoms with Crippen molar-refractivity contribution in [3.05, 3.63) is 82.1 Å². The van der Waals surface area contributed by atoms with Crippen LogP contribution in [-0.4, -0.2) is 54.8 Å². The molecule has 1 saturated heterocycles. The van der Waals surface area contributed by atoms with Crippen LogP contribution in [0.2, 0.25) is 5.02 Å². The first-order chi connectivity index (χ1) is 15.4. The van der Waals surface area contributed by atoms with Crippen molar-refractivity contribution in [1.29, 1.82) is 0 Å². The van der Waals surface area contributed by atoms with E-state index in [9.17, 15) is 9.90 Å². The fourth-order valence-corrected chi connectivity index (χ4v) is 4.17. The first-order valence-electron chi connectivity index (χ1n) is 10.7. The molecule has 0 saturated carbocycles. The van der Waals surface area contributed by atoms with Gasteiger partial charge in [0.2, 0.25) is 5.91 Å². The summed E-state index contributed by atoms with van der Waals surface area (Å²) in [6.07, 6.45) is 5.10. The molecule has 2 heterocycles. The highest BCUT2D eigenvalue weighted by Crippen LogP contribution is 2.27. The number of nitrogens with zero attached hydrogens (tertiary/aromatic N) is 5. The molecule has 7 nitrogen and oxygen atoms in total. The summed E-state index contributed by atoms with van der Waals surface area (Å²) < 4.78 is 0. The van der Waals surface area contributed by atoms with E-state index in [-0.39, 0.29) is 5.91 Å². The van der Waals surface area contributed by atoms with Gasteiger partial charge in [0.15, 0.2) is 5.82 Å². The summed E-state index contributed by atoms with van der Waals surface area (Å²) in [5, 5.41) is 23.7. The minimum Gasteiger partial charge on any atom is -0.389 e. The monoisotopic (exact) mass is 451 g/mol. The van der Waals surface area contributed by atoms with E-state index in [4.69, 9.17) is 11.6 Å². The fourth-order valence-electron chi connectivity index (χ4n) is 3.98. The zero-order valence-electron chi connectivity index (χ0n) is 18.0. The van der Waals surface area contributed by atoms with Crippen molar-refractivity contribution in [2.75, 3.05) is 13.1 Å². The summed E-state index contributed by atoms with van der Waals surface area (Å²) in [6, 6.07) is 15.5. The smallest absolute Gasteiger partial charge is 0.246 e. The first-order valence-corrected chi connectivity index (χ1v) is 11.0. The topological polar surface area (TPSA) is 84.1 Å². The summed E-state index contributed by atoms with van der Waals surface area (Å²) in [7, 11) is 0. The van der Waals surface area contributed by atoms with Gasteiger partial charge in [-0.25, -0.2) is 0 Å². The molecule has 0 radical (unpaired) electrons. The summed E-state index contributed by atoms with van der Waals surface area (Å²) in [4.78, 5) is 16.1. The average Bonchev–Trinajstić information content (AvgIpc) is 3.18. The van der Waals surface area contributed by atoms with Crippen LogP contribution in [0.25, 0.3) is 6.08 Å². The van der Waals surface area contributed by atoms with E-state index in [2.05, 4.69) is 15.4 Å². The number of rotatable bonds is 6. The van der Waals surface area contributed by atoms with Crippen LogP contribution in [0.5, 0.6) is 0 Å². The number of amides is 1. The molecule has 8 heteroatoms. The Labute approximate surface area is 192 Å². The lowest BCUT2D eigenvalue weighted by Crippen LogP contribution is -2.47. The number of aliphatic hydroxyl groups is 1. The molecule has 1 amide bonds. The SMILES string of the molecule is Cc1nnn(Cc2cc(Cl)ccc2C=CC(=O)N2CCC(O)(Cc3ccccc3)CC2)n1. The molecule has 0 aliphatic carbocycles. The molecular formula is C24H26ClN5O2. The molecule has 1 fully saturated rings. The van der Waals surface area contributed by atoms with Gasteiger partial charge in [-0.15, -0.1) is 10.2 Å². The third-order valence-corrected chi connectivity index (χ3v) is 5.99. The number of piperidine rings is 1. The van der Waals surface area contributed by atoms with Crippen molar-refractivity contribution in [3.8, 4) is 0 Å². The van der Waals surface area contributed by atoms with Gasteiger partial charge in [0.05, 0.1) is 12.1 Å². The van der Waals surface area contributed by atoms with Gasteiger partial charge in [-0.3, -0.25) is 4.79 Å². The normalized spacial score (nSPS) is 15.9. The number of carbonyl (C=O) groups is 1. The Morgan fingerprint density at radius 1 is 1.19 bits per heavy atom. The predicted octanol–water partition coefficient (Wildman–Crippen LogP) is 3.29. The van der Waals surface area contributed by atoms with Gasteiger partial charge in [-0.05, 0) is 59.9 Å². The van der Waals surface area contributed by atoms with Crippen LogP contribution < -0.4 is 0 Å². The van der Waals surface area contributed by atoms with Gasteiger partial charge in [-0.1, -0.05) is 48.0 Å². The second-order valence-corrected chi connectivity index (χ2v) is 8.69. The van der Waals surface area contributed by atoms with Gasteiger partial charge in [0.1, 0.15) is 0 Å². The lowest BCUT2D eigenvalue weighted by Gasteiger charge is -2.38. The van der Waals surface area contributed by atoms with Crippen LogP contribution in [0.1, 0.15) is 35.4 Å². The molecule has 1 aliphatic heterocycles. The molecule has 3 aromatic rings. The maximum absolute atomic E-state index is 12.8. The molecule has 1 aliphatic rings. The van der Waals surface area contributed by atoms with E-state index in [1.807, 2.05) is 42.5 Å². The van der Waals surface area contributed by atoms with Crippen LogP contribution in [0.15, 0.2) is 54.6 Å². The Balaban J connectivity index is 1.39. The third-order valence-electron chi connectivity index (χ3n) is 5.76. The standard InChI is InChI=1S/C24H26ClN5O2/c1-18-26-28-30(27-18)17-21-15-22(25)9-7-20(21)8-10-23(31)29-13-11-24(32,12-14-29)16-19-5-3-2-4-6-19/h2-10,15,32H,11-14,16-17H2,1H3. The molecule has 166 valence electrons. The molecule has 0 atom stereocenters. The van der Waals surface area contributed by atoms with E-state index < -0.39 is 5.60 Å². The molecule has 1 aromatic heterocycles. The van der Waals surface area contributed by atoms with E-state index in [1.165, 1.54) is 4.80 Å². The Morgan fingerprint density at radius 2 is 1.94 bits per heavy atom. The van der Waals surface area contributed by atoms with Crippen LogP contribution in [0.4, 0.5) is 0 Å². The van der Waals surface area contributed by atoms with Crippen LogP contribution >= 0.6 is 11.6 Å². The number of benzene rings is 2.